The average molecular weight is 306 g/mol. The number of hydrogen-bond acceptors (Lipinski definition) is 2. The summed E-state index contributed by atoms with van der Waals surface area (Å²) in [6.07, 6.45) is 0.383. The van der Waals surface area contributed by atoms with Crippen LogP contribution in [-0.2, 0) is 0 Å². The highest BCUT2D eigenvalue weighted by Gasteiger charge is 2.18. The maximum absolute atomic E-state index is 13.9. The van der Waals surface area contributed by atoms with E-state index in [4.69, 9.17) is 11.6 Å². The van der Waals surface area contributed by atoms with Gasteiger partial charge in [0.2, 0.25) is 0 Å². The summed E-state index contributed by atoms with van der Waals surface area (Å²) in [5, 5.41) is 10.8. The van der Waals surface area contributed by atoms with Gasteiger partial charge in [-0.1, -0.05) is 23.7 Å². The van der Waals surface area contributed by atoms with Crippen LogP contribution in [0.4, 0.5) is 8.78 Å². The Morgan fingerprint density at radius 2 is 1.86 bits per heavy atom. The van der Waals surface area contributed by atoms with Crippen molar-refractivity contribution >= 4 is 22.5 Å². The number of hydrogen-bond donors (Lipinski definition) is 1. The molecule has 1 heterocycles. The molecule has 0 radical (unpaired) electrons. The average Bonchev–Trinajstić information content (AvgIpc) is 2.50. The molecule has 0 bridgehead atoms. The van der Waals surface area contributed by atoms with E-state index in [1.807, 2.05) is 6.07 Å². The Labute approximate surface area is 124 Å². The van der Waals surface area contributed by atoms with Gasteiger partial charge in [0.25, 0.3) is 0 Å². The second-order valence-electron chi connectivity index (χ2n) is 4.65. The highest BCUT2D eigenvalue weighted by atomic mass is 35.5. The van der Waals surface area contributed by atoms with Crippen molar-refractivity contribution in [3.63, 3.8) is 0 Å². The van der Waals surface area contributed by atoms with Crippen molar-refractivity contribution in [3.8, 4) is 0 Å². The molecule has 1 N–H and O–H groups in total. The van der Waals surface area contributed by atoms with Crippen LogP contribution in [0.3, 0.4) is 0 Å². The first-order chi connectivity index (χ1) is 10.1. The normalized spacial score (nSPS) is 12.6. The fraction of sp³-hybridized carbons (Fsp3) is 0.0625. The molecular weight excluding hydrogens is 296 g/mol. The summed E-state index contributed by atoms with van der Waals surface area (Å²) in [7, 11) is 0. The van der Waals surface area contributed by atoms with Crippen molar-refractivity contribution in [1.29, 1.82) is 0 Å². The van der Waals surface area contributed by atoms with Gasteiger partial charge in [-0.05, 0) is 35.9 Å². The number of aliphatic hydroxyl groups is 1. The standard InChI is InChI=1S/C16H10ClF2NO/c17-12-8-13(18)11(7-14(12)19)16(21)10-3-4-15-9(6-10)2-1-5-20-15/h1-8,16,21H. The summed E-state index contributed by atoms with van der Waals surface area (Å²) in [5.74, 6) is -1.52. The Balaban J connectivity index is 2.07. The lowest BCUT2D eigenvalue weighted by atomic mass is 9.99. The number of aromatic nitrogens is 1. The van der Waals surface area contributed by atoms with Gasteiger partial charge in [0.1, 0.15) is 17.7 Å². The summed E-state index contributed by atoms with van der Waals surface area (Å²) >= 11 is 5.51. The van der Waals surface area contributed by atoms with Crippen LogP contribution >= 0.6 is 11.6 Å². The van der Waals surface area contributed by atoms with Crippen LogP contribution < -0.4 is 0 Å². The number of halogens is 3. The van der Waals surface area contributed by atoms with Gasteiger partial charge >= 0.3 is 0 Å². The van der Waals surface area contributed by atoms with Crippen LogP contribution in [0.25, 0.3) is 10.9 Å². The molecule has 21 heavy (non-hydrogen) atoms. The fourth-order valence-electron chi connectivity index (χ4n) is 2.19. The summed E-state index contributed by atoms with van der Waals surface area (Å²) in [6, 6.07) is 10.4. The van der Waals surface area contributed by atoms with E-state index >= 15 is 0 Å². The van der Waals surface area contributed by atoms with Crippen molar-refractivity contribution in [1.82, 2.24) is 4.98 Å². The molecule has 0 saturated carbocycles. The zero-order chi connectivity index (χ0) is 15.0. The predicted molar refractivity (Wildman–Crippen MR) is 77.2 cm³/mol. The van der Waals surface area contributed by atoms with Gasteiger partial charge < -0.3 is 5.11 Å². The van der Waals surface area contributed by atoms with Gasteiger partial charge in [-0.15, -0.1) is 0 Å². The topological polar surface area (TPSA) is 33.1 Å². The SMILES string of the molecule is OC(c1ccc2ncccc2c1)c1cc(F)c(Cl)cc1F. The van der Waals surface area contributed by atoms with Gasteiger partial charge in [-0.25, -0.2) is 8.78 Å². The minimum absolute atomic E-state index is 0.153. The third-order valence-corrected chi connectivity index (χ3v) is 3.57. The largest absolute Gasteiger partial charge is 0.384 e. The highest BCUT2D eigenvalue weighted by Crippen LogP contribution is 2.29. The van der Waals surface area contributed by atoms with Gasteiger partial charge in [0, 0.05) is 17.1 Å². The van der Waals surface area contributed by atoms with E-state index in [2.05, 4.69) is 4.98 Å². The van der Waals surface area contributed by atoms with Crippen LogP contribution in [0.15, 0.2) is 48.7 Å². The molecule has 0 fully saturated rings. The first-order valence-corrected chi connectivity index (χ1v) is 6.61. The maximum atomic E-state index is 13.9. The molecule has 0 aliphatic carbocycles. The third-order valence-electron chi connectivity index (χ3n) is 3.28. The number of pyridine rings is 1. The lowest BCUT2D eigenvalue weighted by Crippen LogP contribution is -2.04. The molecule has 2 nitrogen and oxygen atoms in total. The molecule has 1 unspecified atom stereocenters. The van der Waals surface area contributed by atoms with Gasteiger partial charge in [-0.3, -0.25) is 4.98 Å². The number of rotatable bonds is 2. The molecular formula is C16H10ClF2NO. The summed E-state index contributed by atoms with van der Waals surface area (Å²) < 4.78 is 27.3. The quantitative estimate of drug-likeness (QED) is 0.718. The highest BCUT2D eigenvalue weighted by molar-refractivity contribution is 6.30. The molecule has 0 aliphatic rings. The Hall–Kier alpha value is -2.04. The molecule has 3 aromatic rings. The first kappa shape index (κ1) is 13.9. The first-order valence-electron chi connectivity index (χ1n) is 6.23. The smallest absolute Gasteiger partial charge is 0.142 e. The van der Waals surface area contributed by atoms with Crippen molar-refractivity contribution in [2.24, 2.45) is 0 Å². The maximum Gasteiger partial charge on any atom is 0.142 e. The fourth-order valence-corrected chi connectivity index (χ4v) is 2.34. The van der Waals surface area contributed by atoms with E-state index < -0.39 is 17.7 Å². The number of benzene rings is 2. The van der Waals surface area contributed by atoms with Gasteiger partial charge in [0.05, 0.1) is 10.5 Å². The molecule has 0 amide bonds. The second kappa shape index (κ2) is 5.39. The molecule has 0 saturated heterocycles. The predicted octanol–water partition coefficient (Wildman–Crippen LogP) is 4.25. The molecule has 0 spiro atoms. The van der Waals surface area contributed by atoms with Crippen LogP contribution in [0, 0.1) is 11.6 Å². The zero-order valence-corrected chi connectivity index (χ0v) is 11.5. The van der Waals surface area contributed by atoms with E-state index in [9.17, 15) is 13.9 Å². The van der Waals surface area contributed by atoms with Gasteiger partial charge in [-0.2, -0.15) is 0 Å². The minimum Gasteiger partial charge on any atom is -0.384 e. The molecule has 3 rings (SSSR count). The summed E-state index contributed by atoms with van der Waals surface area (Å²) in [4.78, 5) is 4.16. The van der Waals surface area contributed by atoms with Crippen LogP contribution in [0.2, 0.25) is 5.02 Å². The van der Waals surface area contributed by atoms with Crippen molar-refractivity contribution in [2.75, 3.05) is 0 Å². The third kappa shape index (κ3) is 2.60. The summed E-state index contributed by atoms with van der Waals surface area (Å²) in [6.45, 7) is 0. The van der Waals surface area contributed by atoms with Crippen LogP contribution in [0.1, 0.15) is 17.2 Å². The molecule has 2 aromatic carbocycles. The van der Waals surface area contributed by atoms with Crippen molar-refractivity contribution in [2.45, 2.75) is 6.10 Å². The number of nitrogens with zero attached hydrogens (tertiary/aromatic N) is 1. The lowest BCUT2D eigenvalue weighted by Gasteiger charge is -2.13. The molecule has 1 atom stereocenters. The van der Waals surface area contributed by atoms with E-state index in [1.165, 1.54) is 0 Å². The molecule has 106 valence electrons. The Morgan fingerprint density at radius 3 is 2.67 bits per heavy atom. The van der Waals surface area contributed by atoms with E-state index in [-0.39, 0.29) is 10.6 Å². The zero-order valence-electron chi connectivity index (χ0n) is 10.7. The number of aliphatic hydroxyl groups excluding tert-OH is 1. The van der Waals surface area contributed by atoms with Crippen molar-refractivity contribution in [3.05, 3.63) is 76.4 Å². The molecule has 0 aliphatic heterocycles. The van der Waals surface area contributed by atoms with E-state index in [0.717, 1.165) is 23.0 Å². The summed E-state index contributed by atoms with van der Waals surface area (Å²) in [5.41, 5.74) is 1.06. The number of fused-ring (bicyclic) bond motifs is 1. The van der Waals surface area contributed by atoms with Crippen LogP contribution in [-0.4, -0.2) is 10.1 Å². The lowest BCUT2D eigenvalue weighted by molar-refractivity contribution is 0.214. The van der Waals surface area contributed by atoms with Crippen LogP contribution in [0.5, 0.6) is 0 Å². The molecule has 5 heteroatoms. The van der Waals surface area contributed by atoms with E-state index in [1.54, 1.807) is 30.5 Å². The minimum atomic E-state index is -1.28. The monoisotopic (exact) mass is 305 g/mol. The van der Waals surface area contributed by atoms with Crippen molar-refractivity contribution < 1.29 is 13.9 Å². The van der Waals surface area contributed by atoms with E-state index in [0.29, 0.717) is 5.56 Å². The Bertz CT molecular complexity index is 822. The Morgan fingerprint density at radius 1 is 1.05 bits per heavy atom. The van der Waals surface area contributed by atoms with Gasteiger partial charge in [0.15, 0.2) is 0 Å². The second-order valence-corrected chi connectivity index (χ2v) is 5.05. The Kier molecular flexibility index (Phi) is 3.57. The molecule has 1 aromatic heterocycles.